The van der Waals surface area contributed by atoms with Crippen molar-refractivity contribution < 1.29 is 4.79 Å². The number of carbonyl (C=O) groups excluding carboxylic acids is 1. The molecule has 1 aliphatic heterocycles. The molecule has 0 unspecified atom stereocenters. The Hall–Kier alpha value is -1.06. The molecule has 8 heteroatoms. The van der Waals surface area contributed by atoms with Crippen LogP contribution in [0.25, 0.3) is 0 Å². The van der Waals surface area contributed by atoms with Crippen molar-refractivity contribution in [2.75, 3.05) is 38.0 Å². The fourth-order valence-corrected chi connectivity index (χ4v) is 3.53. The number of amides is 1. The van der Waals surface area contributed by atoms with Crippen molar-refractivity contribution >= 4 is 53.1 Å². The maximum absolute atomic E-state index is 12.2. The molecule has 1 aliphatic rings. The van der Waals surface area contributed by atoms with Gasteiger partial charge in [0.25, 0.3) is 0 Å². The van der Waals surface area contributed by atoms with E-state index in [-0.39, 0.29) is 29.9 Å². The molecule has 6 nitrogen and oxygen atoms in total. The van der Waals surface area contributed by atoms with Crippen molar-refractivity contribution in [3.05, 3.63) is 28.8 Å². The summed E-state index contributed by atoms with van der Waals surface area (Å²) in [6.45, 7) is 10.9. The molecule has 0 saturated carbocycles. The second-order valence-corrected chi connectivity index (χ2v) is 7.64. The van der Waals surface area contributed by atoms with Crippen molar-refractivity contribution in [1.29, 1.82) is 0 Å². The summed E-state index contributed by atoms with van der Waals surface area (Å²) in [4.78, 5) is 19.3. The third-order valence-corrected chi connectivity index (χ3v) is 5.37. The lowest BCUT2D eigenvalue weighted by molar-refractivity contribution is -0.116. The van der Waals surface area contributed by atoms with Crippen LogP contribution in [0, 0.1) is 6.92 Å². The van der Waals surface area contributed by atoms with Crippen molar-refractivity contribution in [1.82, 2.24) is 15.5 Å². The van der Waals surface area contributed by atoms with E-state index in [1.807, 2.05) is 25.1 Å². The maximum Gasteiger partial charge on any atom is 0.226 e. The minimum absolute atomic E-state index is 0. The number of hydrogen-bond acceptors (Lipinski definition) is 3. The average Bonchev–Trinajstić information content (AvgIpc) is 2.67. The molecule has 1 saturated heterocycles. The van der Waals surface area contributed by atoms with Gasteiger partial charge in [0.1, 0.15) is 0 Å². The van der Waals surface area contributed by atoms with Gasteiger partial charge in [-0.2, -0.15) is 0 Å². The summed E-state index contributed by atoms with van der Waals surface area (Å²) >= 11 is 6.10. The second-order valence-electron chi connectivity index (χ2n) is 7.23. The van der Waals surface area contributed by atoms with E-state index >= 15 is 0 Å². The smallest absolute Gasteiger partial charge is 0.226 e. The molecule has 0 spiro atoms. The first-order valence-corrected chi connectivity index (χ1v) is 10.7. The zero-order chi connectivity index (χ0) is 20.4. The first-order chi connectivity index (χ1) is 13.5. The molecule has 0 radical (unpaired) electrons. The Morgan fingerprint density at radius 1 is 1.28 bits per heavy atom. The van der Waals surface area contributed by atoms with Crippen LogP contribution in [0.15, 0.2) is 23.2 Å². The highest BCUT2D eigenvalue weighted by Gasteiger charge is 2.19. The largest absolute Gasteiger partial charge is 0.357 e. The van der Waals surface area contributed by atoms with E-state index in [0.717, 1.165) is 49.7 Å². The van der Waals surface area contributed by atoms with E-state index in [2.05, 4.69) is 39.7 Å². The molecule has 1 amide bonds. The fraction of sp³-hybridized carbons (Fsp3) is 0.619. The van der Waals surface area contributed by atoms with Gasteiger partial charge in [-0.05, 0) is 57.4 Å². The van der Waals surface area contributed by atoms with Gasteiger partial charge in [-0.1, -0.05) is 24.6 Å². The summed E-state index contributed by atoms with van der Waals surface area (Å²) in [5.74, 6) is 0.737. The Morgan fingerprint density at radius 3 is 2.66 bits per heavy atom. The summed E-state index contributed by atoms with van der Waals surface area (Å²) in [5.41, 5.74) is 1.63. The van der Waals surface area contributed by atoms with Gasteiger partial charge in [0.05, 0.1) is 6.54 Å². The third-order valence-electron chi connectivity index (χ3n) is 4.96. The number of anilines is 1. The highest BCUT2D eigenvalue weighted by atomic mass is 127. The quantitative estimate of drug-likeness (QED) is 0.267. The molecule has 0 atom stereocenters. The molecule has 0 aromatic heterocycles. The van der Waals surface area contributed by atoms with Gasteiger partial charge < -0.3 is 20.9 Å². The van der Waals surface area contributed by atoms with Crippen LogP contribution in [-0.4, -0.2) is 55.5 Å². The maximum atomic E-state index is 12.2. The van der Waals surface area contributed by atoms with E-state index in [1.54, 1.807) is 0 Å². The van der Waals surface area contributed by atoms with Gasteiger partial charge in [-0.15, -0.1) is 24.0 Å². The zero-order valence-electron chi connectivity index (χ0n) is 17.8. The van der Waals surface area contributed by atoms with Crippen LogP contribution in [0.5, 0.6) is 0 Å². The van der Waals surface area contributed by atoms with Gasteiger partial charge in [-0.3, -0.25) is 9.79 Å². The third kappa shape index (κ3) is 9.09. The van der Waals surface area contributed by atoms with E-state index in [0.29, 0.717) is 24.0 Å². The molecular weight excluding hydrogens is 501 g/mol. The van der Waals surface area contributed by atoms with Crippen LogP contribution in [0.3, 0.4) is 0 Å². The first-order valence-electron chi connectivity index (χ1n) is 10.4. The summed E-state index contributed by atoms with van der Waals surface area (Å²) in [6, 6.07) is 5.95. The van der Waals surface area contributed by atoms with Crippen LogP contribution >= 0.6 is 35.6 Å². The number of nitrogens with zero attached hydrogens (tertiary/aromatic N) is 2. The number of benzene rings is 1. The normalized spacial score (nSPS) is 15.5. The highest BCUT2D eigenvalue weighted by Crippen LogP contribution is 2.22. The molecule has 29 heavy (non-hydrogen) atoms. The molecule has 1 fully saturated rings. The Labute approximate surface area is 197 Å². The second kappa shape index (κ2) is 14.0. The number of likely N-dealkylation sites (tertiary alicyclic amines) is 1. The number of hydrogen-bond donors (Lipinski definition) is 3. The van der Waals surface area contributed by atoms with Gasteiger partial charge in [0.2, 0.25) is 5.91 Å². The summed E-state index contributed by atoms with van der Waals surface area (Å²) in [7, 11) is 0. The van der Waals surface area contributed by atoms with Crippen LogP contribution in [0.4, 0.5) is 5.69 Å². The lowest BCUT2D eigenvalue weighted by Crippen LogP contribution is -2.48. The fourth-order valence-electron chi connectivity index (χ4n) is 3.36. The Balaban J connectivity index is 0.00000420. The minimum Gasteiger partial charge on any atom is -0.357 e. The molecule has 1 heterocycles. The average molecular weight is 536 g/mol. The van der Waals surface area contributed by atoms with Gasteiger partial charge in [-0.25, -0.2) is 0 Å². The number of halogens is 2. The van der Waals surface area contributed by atoms with Crippen molar-refractivity contribution in [3.8, 4) is 0 Å². The number of aliphatic imine (C=N–C) groups is 1. The number of rotatable bonds is 8. The van der Waals surface area contributed by atoms with Crippen LogP contribution in [0.2, 0.25) is 5.02 Å². The Morgan fingerprint density at radius 2 is 2.00 bits per heavy atom. The number of guanidine groups is 1. The highest BCUT2D eigenvalue weighted by molar-refractivity contribution is 14.0. The monoisotopic (exact) mass is 535 g/mol. The van der Waals surface area contributed by atoms with Crippen LogP contribution in [-0.2, 0) is 4.79 Å². The molecular formula is C21H35ClIN5O. The van der Waals surface area contributed by atoms with Crippen molar-refractivity contribution in [2.24, 2.45) is 4.99 Å². The van der Waals surface area contributed by atoms with Gasteiger partial charge in [0, 0.05) is 42.8 Å². The zero-order valence-corrected chi connectivity index (χ0v) is 20.8. The topological polar surface area (TPSA) is 68.8 Å². The molecule has 1 aromatic rings. The van der Waals surface area contributed by atoms with E-state index in [9.17, 15) is 4.79 Å². The summed E-state index contributed by atoms with van der Waals surface area (Å²) in [5, 5.41) is 10.4. The minimum atomic E-state index is -0.0576. The molecule has 3 N–H and O–H groups in total. The van der Waals surface area contributed by atoms with Crippen LogP contribution < -0.4 is 16.0 Å². The molecule has 0 aliphatic carbocycles. The van der Waals surface area contributed by atoms with E-state index < -0.39 is 0 Å². The standard InChI is InChI=1S/C21H34ClN5O.HI/c1-4-13-27-14-10-17(11-15-27)25-21(23-5-2)24-12-9-20(28)26-19-8-6-7-18(22)16(19)3;/h6-8,17H,4-5,9-15H2,1-3H3,(H,26,28)(H2,23,24,25);1H. The van der Waals surface area contributed by atoms with Crippen LogP contribution in [0.1, 0.15) is 45.1 Å². The predicted molar refractivity (Wildman–Crippen MR) is 134 cm³/mol. The Kier molecular flexibility index (Phi) is 12.6. The summed E-state index contributed by atoms with van der Waals surface area (Å²) in [6.07, 6.45) is 3.79. The molecule has 164 valence electrons. The molecule has 1 aromatic carbocycles. The Bertz CT molecular complexity index is 662. The van der Waals surface area contributed by atoms with Crippen molar-refractivity contribution in [3.63, 3.8) is 0 Å². The van der Waals surface area contributed by atoms with Gasteiger partial charge >= 0.3 is 0 Å². The van der Waals surface area contributed by atoms with Gasteiger partial charge in [0.15, 0.2) is 5.96 Å². The summed E-state index contributed by atoms with van der Waals surface area (Å²) < 4.78 is 0. The molecule has 0 bridgehead atoms. The lowest BCUT2D eigenvalue weighted by Gasteiger charge is -2.32. The van der Waals surface area contributed by atoms with Crippen molar-refractivity contribution in [2.45, 2.75) is 52.5 Å². The predicted octanol–water partition coefficient (Wildman–Crippen LogP) is 4.02. The lowest BCUT2D eigenvalue weighted by atomic mass is 10.1. The number of carbonyl (C=O) groups is 1. The number of piperidine rings is 1. The molecule has 2 rings (SSSR count). The van der Waals surface area contributed by atoms with E-state index in [1.165, 1.54) is 13.0 Å². The SMILES string of the molecule is CCCN1CCC(NC(=NCCC(=O)Nc2cccc(Cl)c2C)NCC)CC1.I. The first kappa shape index (κ1) is 26.0. The number of nitrogens with one attached hydrogen (secondary N) is 3. The van der Waals surface area contributed by atoms with E-state index in [4.69, 9.17) is 11.6 Å².